The van der Waals surface area contributed by atoms with E-state index in [1.807, 2.05) is 4.90 Å². The molecule has 0 aromatic heterocycles. The van der Waals surface area contributed by atoms with E-state index in [4.69, 9.17) is 9.47 Å². The minimum atomic E-state index is -4.23. The summed E-state index contributed by atoms with van der Waals surface area (Å²) < 4.78 is 49.0. The van der Waals surface area contributed by atoms with Crippen LogP contribution in [-0.4, -0.2) is 56.6 Å². The molecule has 1 aromatic carbocycles. The van der Waals surface area contributed by atoms with Crippen LogP contribution in [0.5, 0.6) is 17.2 Å². The lowest BCUT2D eigenvalue weighted by atomic mass is 9.97. The molecule has 1 fully saturated rings. The molecule has 0 bridgehead atoms. The first-order valence-corrected chi connectivity index (χ1v) is 7.82. The molecule has 0 spiro atoms. The Labute approximate surface area is 163 Å². The summed E-state index contributed by atoms with van der Waals surface area (Å²) >= 11 is 0. The number of phenols is 1. The van der Waals surface area contributed by atoms with E-state index in [1.54, 1.807) is 0 Å². The van der Waals surface area contributed by atoms with Gasteiger partial charge in [0.05, 0.1) is 19.8 Å². The standard InChI is InChI=1S/C16H23F3N2O3.2ClH/c1-23-13-9-11(22)10-14(24-2)15(13)12(3-4-16(17,18)19)21-7-5-20-6-8-21;;/h9-10,12,20,22H,3-8H2,1-2H3;2*1H/t12-;;/m1../s1. The second kappa shape index (κ2) is 10.9. The third-order valence-corrected chi connectivity index (χ3v) is 4.16. The van der Waals surface area contributed by atoms with Crippen molar-refractivity contribution < 1.29 is 27.8 Å². The Morgan fingerprint density at radius 3 is 2.04 bits per heavy atom. The van der Waals surface area contributed by atoms with Crippen molar-refractivity contribution in [2.24, 2.45) is 0 Å². The first-order valence-electron chi connectivity index (χ1n) is 7.82. The fraction of sp³-hybridized carbons (Fsp3) is 0.625. The first kappa shape index (κ1) is 24.9. The van der Waals surface area contributed by atoms with Gasteiger partial charge in [0, 0.05) is 50.8 Å². The Kier molecular flexibility index (Phi) is 10.5. The van der Waals surface area contributed by atoms with Crippen LogP contribution in [0.15, 0.2) is 12.1 Å². The zero-order chi connectivity index (χ0) is 17.7. The quantitative estimate of drug-likeness (QED) is 0.736. The number of phenolic OH excluding ortho intramolecular Hbond substituents is 1. The van der Waals surface area contributed by atoms with Crippen LogP contribution in [0.3, 0.4) is 0 Å². The van der Waals surface area contributed by atoms with Crippen LogP contribution in [0.2, 0.25) is 0 Å². The van der Waals surface area contributed by atoms with Gasteiger partial charge >= 0.3 is 6.18 Å². The van der Waals surface area contributed by atoms with Gasteiger partial charge in [-0.3, -0.25) is 4.90 Å². The number of ether oxygens (including phenoxy) is 2. The van der Waals surface area contributed by atoms with Crippen molar-refractivity contribution in [3.8, 4) is 17.2 Å². The van der Waals surface area contributed by atoms with Gasteiger partial charge in [0.25, 0.3) is 0 Å². The summed E-state index contributed by atoms with van der Waals surface area (Å²) in [5.74, 6) is 0.609. The fourth-order valence-corrected chi connectivity index (χ4v) is 3.06. The number of nitrogens with zero attached hydrogens (tertiary/aromatic N) is 1. The summed E-state index contributed by atoms with van der Waals surface area (Å²) in [7, 11) is 2.85. The van der Waals surface area contributed by atoms with E-state index in [0.29, 0.717) is 43.2 Å². The molecule has 0 saturated carbocycles. The minimum Gasteiger partial charge on any atom is -0.508 e. The number of nitrogens with one attached hydrogen (secondary N) is 1. The van der Waals surface area contributed by atoms with Gasteiger partial charge in [0.15, 0.2) is 0 Å². The number of aromatic hydroxyl groups is 1. The number of methoxy groups -OCH3 is 2. The molecule has 1 atom stereocenters. The molecular weight excluding hydrogens is 396 g/mol. The van der Waals surface area contributed by atoms with E-state index < -0.39 is 18.6 Å². The van der Waals surface area contributed by atoms with Gasteiger partial charge in [0.1, 0.15) is 17.2 Å². The van der Waals surface area contributed by atoms with Gasteiger partial charge in [-0.2, -0.15) is 13.2 Å². The molecule has 0 aliphatic carbocycles. The molecule has 26 heavy (non-hydrogen) atoms. The van der Waals surface area contributed by atoms with E-state index >= 15 is 0 Å². The molecule has 0 unspecified atom stereocenters. The highest BCUT2D eigenvalue weighted by atomic mass is 35.5. The monoisotopic (exact) mass is 420 g/mol. The maximum Gasteiger partial charge on any atom is 0.389 e. The molecule has 2 N–H and O–H groups in total. The van der Waals surface area contributed by atoms with Crippen LogP contribution in [0.25, 0.3) is 0 Å². The lowest BCUT2D eigenvalue weighted by Crippen LogP contribution is -2.45. The zero-order valence-electron chi connectivity index (χ0n) is 14.6. The van der Waals surface area contributed by atoms with Gasteiger partial charge in [-0.1, -0.05) is 0 Å². The van der Waals surface area contributed by atoms with Crippen LogP contribution < -0.4 is 14.8 Å². The maximum atomic E-state index is 12.8. The predicted molar refractivity (Wildman–Crippen MR) is 98.2 cm³/mol. The number of hydrogen-bond acceptors (Lipinski definition) is 5. The molecule has 1 aromatic rings. The van der Waals surface area contributed by atoms with Crippen LogP contribution >= 0.6 is 24.8 Å². The third-order valence-electron chi connectivity index (χ3n) is 4.16. The molecule has 1 saturated heterocycles. The van der Waals surface area contributed by atoms with Crippen molar-refractivity contribution in [3.63, 3.8) is 0 Å². The predicted octanol–water partition coefficient (Wildman–Crippen LogP) is 3.54. The summed E-state index contributed by atoms with van der Waals surface area (Å²) in [5, 5.41) is 13.0. The summed E-state index contributed by atoms with van der Waals surface area (Å²) in [6.07, 6.45) is -5.22. The number of halogens is 5. The molecule has 1 heterocycles. The molecule has 2 rings (SSSR count). The number of alkyl halides is 3. The van der Waals surface area contributed by atoms with Crippen molar-refractivity contribution >= 4 is 24.8 Å². The van der Waals surface area contributed by atoms with Crippen molar-refractivity contribution in [3.05, 3.63) is 17.7 Å². The lowest BCUT2D eigenvalue weighted by Gasteiger charge is -2.36. The van der Waals surface area contributed by atoms with Crippen LogP contribution in [0, 0.1) is 0 Å². The number of rotatable bonds is 6. The Bertz CT molecular complexity index is 531. The van der Waals surface area contributed by atoms with E-state index in [0.717, 1.165) is 0 Å². The number of hydrogen-bond donors (Lipinski definition) is 2. The SMILES string of the molecule is COc1cc(O)cc(OC)c1[C@@H](CCC(F)(F)F)N1CCNCC1.Cl.Cl. The zero-order valence-corrected chi connectivity index (χ0v) is 16.3. The third kappa shape index (κ3) is 6.57. The molecule has 0 radical (unpaired) electrons. The van der Waals surface area contributed by atoms with Gasteiger partial charge < -0.3 is 19.9 Å². The highest BCUT2D eigenvalue weighted by Gasteiger charge is 2.34. The van der Waals surface area contributed by atoms with Crippen LogP contribution in [0.1, 0.15) is 24.4 Å². The molecule has 152 valence electrons. The van der Waals surface area contributed by atoms with Crippen LogP contribution in [0.4, 0.5) is 13.2 Å². The molecule has 5 nitrogen and oxygen atoms in total. The van der Waals surface area contributed by atoms with Gasteiger partial charge in [0.2, 0.25) is 0 Å². The Morgan fingerprint density at radius 2 is 1.62 bits per heavy atom. The number of benzene rings is 1. The van der Waals surface area contributed by atoms with Gasteiger partial charge in [-0.25, -0.2) is 0 Å². The number of piperazine rings is 1. The average Bonchev–Trinajstić information content (AvgIpc) is 2.55. The van der Waals surface area contributed by atoms with Crippen molar-refractivity contribution in [2.45, 2.75) is 25.1 Å². The van der Waals surface area contributed by atoms with Gasteiger partial charge in [-0.05, 0) is 6.42 Å². The molecular formula is C16H25Cl2F3N2O3. The fourth-order valence-electron chi connectivity index (χ4n) is 3.06. The normalized spacial score (nSPS) is 16.2. The minimum absolute atomic E-state index is 0. The van der Waals surface area contributed by atoms with Gasteiger partial charge in [-0.15, -0.1) is 24.8 Å². The summed E-state index contributed by atoms with van der Waals surface area (Å²) in [6.45, 7) is 2.70. The second-order valence-electron chi connectivity index (χ2n) is 5.72. The van der Waals surface area contributed by atoms with Crippen LogP contribution in [-0.2, 0) is 0 Å². The Morgan fingerprint density at radius 1 is 1.12 bits per heavy atom. The maximum absolute atomic E-state index is 12.8. The summed E-state index contributed by atoms with van der Waals surface area (Å²) in [4.78, 5) is 2.00. The molecule has 10 heteroatoms. The van der Waals surface area contributed by atoms with E-state index in [-0.39, 0.29) is 37.0 Å². The van der Waals surface area contributed by atoms with E-state index in [1.165, 1.54) is 26.4 Å². The highest BCUT2D eigenvalue weighted by Crippen LogP contribution is 2.43. The smallest absolute Gasteiger partial charge is 0.389 e. The molecule has 0 amide bonds. The Balaban J connectivity index is 0.00000312. The average molecular weight is 421 g/mol. The highest BCUT2D eigenvalue weighted by molar-refractivity contribution is 5.85. The summed E-state index contributed by atoms with van der Waals surface area (Å²) in [5.41, 5.74) is 0.545. The Hall–Kier alpha value is -1.09. The van der Waals surface area contributed by atoms with E-state index in [2.05, 4.69) is 5.32 Å². The summed E-state index contributed by atoms with van der Waals surface area (Å²) in [6, 6.07) is 2.31. The van der Waals surface area contributed by atoms with Crippen molar-refractivity contribution in [1.29, 1.82) is 0 Å². The first-order chi connectivity index (χ1) is 11.4. The molecule has 1 aliphatic rings. The molecule has 1 aliphatic heterocycles. The van der Waals surface area contributed by atoms with Crippen molar-refractivity contribution in [2.75, 3.05) is 40.4 Å². The largest absolute Gasteiger partial charge is 0.508 e. The second-order valence-corrected chi connectivity index (χ2v) is 5.72. The lowest BCUT2D eigenvalue weighted by molar-refractivity contribution is -0.138. The van der Waals surface area contributed by atoms with Crippen molar-refractivity contribution in [1.82, 2.24) is 10.2 Å². The topological polar surface area (TPSA) is 54.0 Å². The van der Waals surface area contributed by atoms with E-state index in [9.17, 15) is 18.3 Å².